The van der Waals surface area contributed by atoms with Crippen LogP contribution in [0.1, 0.15) is 55.5 Å². The van der Waals surface area contributed by atoms with Gasteiger partial charge in [0.25, 0.3) is 0 Å². The molecule has 0 bridgehead atoms. The second-order valence-electron chi connectivity index (χ2n) is 4.93. The van der Waals surface area contributed by atoms with Crippen LogP contribution in [0.25, 0.3) is 0 Å². The Labute approximate surface area is 114 Å². The molecule has 3 nitrogen and oxygen atoms in total. The van der Waals surface area contributed by atoms with Crippen LogP contribution in [0.5, 0.6) is 11.5 Å². The summed E-state index contributed by atoms with van der Waals surface area (Å²) >= 11 is 0. The molecule has 1 aromatic carbocycles. The third kappa shape index (κ3) is 3.28. The molecule has 19 heavy (non-hydrogen) atoms. The normalized spacial score (nSPS) is 14.1. The molecule has 0 saturated heterocycles. The lowest BCUT2D eigenvalue weighted by molar-refractivity contribution is 0.0972. The Morgan fingerprint density at radius 2 is 1.63 bits per heavy atom. The quantitative estimate of drug-likeness (QED) is 0.782. The van der Waals surface area contributed by atoms with Crippen molar-refractivity contribution in [3.05, 3.63) is 23.3 Å². The molecular formula is C16H22O3. The third-order valence-corrected chi connectivity index (χ3v) is 3.24. The zero-order valence-electron chi connectivity index (χ0n) is 11.8. The molecule has 1 aliphatic rings. The van der Waals surface area contributed by atoms with Gasteiger partial charge in [0, 0.05) is 12.0 Å². The summed E-state index contributed by atoms with van der Waals surface area (Å²) in [6, 6.07) is 3.87. The molecular weight excluding hydrogens is 240 g/mol. The molecule has 0 saturated carbocycles. The first kappa shape index (κ1) is 13.9. The highest BCUT2D eigenvalue weighted by Crippen LogP contribution is 2.34. The molecule has 0 spiro atoms. The molecule has 0 heterocycles. The van der Waals surface area contributed by atoms with E-state index in [1.165, 1.54) is 0 Å². The maximum Gasteiger partial charge on any atom is 0.163 e. The summed E-state index contributed by atoms with van der Waals surface area (Å²) in [5.74, 6) is 1.72. The Hall–Kier alpha value is -1.51. The van der Waals surface area contributed by atoms with Crippen molar-refractivity contribution in [2.24, 2.45) is 0 Å². The van der Waals surface area contributed by atoms with Gasteiger partial charge in [0.2, 0.25) is 0 Å². The van der Waals surface area contributed by atoms with Gasteiger partial charge in [0.1, 0.15) is 0 Å². The topological polar surface area (TPSA) is 35.5 Å². The van der Waals surface area contributed by atoms with Gasteiger partial charge in [-0.05, 0) is 43.4 Å². The number of benzene rings is 1. The SMILES string of the molecule is CCCOc1cc2c(cc1OCCC)C(=O)CCC2. The summed E-state index contributed by atoms with van der Waals surface area (Å²) in [6.45, 7) is 5.47. The Kier molecular flexibility index (Phi) is 4.83. The number of ether oxygens (including phenoxy) is 2. The summed E-state index contributed by atoms with van der Waals surface area (Å²) in [4.78, 5) is 11.9. The van der Waals surface area contributed by atoms with E-state index in [9.17, 15) is 4.79 Å². The lowest BCUT2D eigenvalue weighted by Gasteiger charge is -2.19. The number of aryl methyl sites for hydroxylation is 1. The number of Topliss-reactive ketones (excluding diaryl/α,β-unsaturated/α-hetero) is 1. The number of fused-ring (bicyclic) bond motifs is 1. The molecule has 0 atom stereocenters. The van der Waals surface area contributed by atoms with Gasteiger partial charge in [-0.1, -0.05) is 13.8 Å². The van der Waals surface area contributed by atoms with Gasteiger partial charge in [0.05, 0.1) is 13.2 Å². The van der Waals surface area contributed by atoms with E-state index in [0.29, 0.717) is 25.4 Å². The van der Waals surface area contributed by atoms with E-state index < -0.39 is 0 Å². The summed E-state index contributed by atoms with van der Waals surface area (Å²) in [5.41, 5.74) is 1.92. The zero-order chi connectivity index (χ0) is 13.7. The minimum atomic E-state index is 0.227. The molecule has 0 radical (unpaired) electrons. The highest BCUT2D eigenvalue weighted by molar-refractivity contribution is 5.99. The molecule has 1 aliphatic carbocycles. The van der Waals surface area contributed by atoms with Crippen LogP contribution >= 0.6 is 0 Å². The second kappa shape index (κ2) is 6.60. The van der Waals surface area contributed by atoms with Crippen LogP contribution in [0.2, 0.25) is 0 Å². The van der Waals surface area contributed by atoms with Gasteiger partial charge in [0.15, 0.2) is 17.3 Å². The molecule has 2 rings (SSSR count). The van der Waals surface area contributed by atoms with E-state index in [1.54, 1.807) is 0 Å². The van der Waals surface area contributed by atoms with Crippen LogP contribution in [0, 0.1) is 0 Å². The van der Waals surface area contributed by atoms with Crippen molar-refractivity contribution >= 4 is 5.78 Å². The lowest BCUT2D eigenvalue weighted by Crippen LogP contribution is -2.12. The van der Waals surface area contributed by atoms with Gasteiger partial charge in [-0.15, -0.1) is 0 Å². The molecule has 0 fully saturated rings. The number of rotatable bonds is 6. The van der Waals surface area contributed by atoms with Crippen molar-refractivity contribution in [3.8, 4) is 11.5 Å². The molecule has 0 aromatic heterocycles. The number of hydrogen-bond acceptors (Lipinski definition) is 3. The summed E-state index contributed by atoms with van der Waals surface area (Å²) in [5, 5.41) is 0. The van der Waals surface area contributed by atoms with Crippen molar-refractivity contribution in [1.29, 1.82) is 0 Å². The first-order valence-electron chi connectivity index (χ1n) is 7.22. The molecule has 0 aliphatic heterocycles. The minimum Gasteiger partial charge on any atom is -0.490 e. The Bertz CT molecular complexity index is 452. The Balaban J connectivity index is 2.31. The minimum absolute atomic E-state index is 0.227. The first-order chi connectivity index (χ1) is 9.26. The number of carbonyl (C=O) groups is 1. The van der Waals surface area contributed by atoms with E-state index >= 15 is 0 Å². The van der Waals surface area contributed by atoms with Crippen LogP contribution < -0.4 is 9.47 Å². The fourth-order valence-electron chi connectivity index (χ4n) is 2.29. The van der Waals surface area contributed by atoms with Gasteiger partial charge in [-0.3, -0.25) is 4.79 Å². The van der Waals surface area contributed by atoms with E-state index in [4.69, 9.17) is 9.47 Å². The molecule has 104 valence electrons. The first-order valence-corrected chi connectivity index (χ1v) is 7.22. The number of carbonyl (C=O) groups excluding carboxylic acids is 1. The third-order valence-electron chi connectivity index (χ3n) is 3.24. The lowest BCUT2D eigenvalue weighted by atomic mass is 9.90. The maximum atomic E-state index is 11.9. The molecule has 1 aromatic rings. The van der Waals surface area contributed by atoms with Crippen molar-refractivity contribution in [3.63, 3.8) is 0 Å². The van der Waals surface area contributed by atoms with Crippen LogP contribution in [0.4, 0.5) is 0 Å². The average molecular weight is 262 g/mol. The van der Waals surface area contributed by atoms with E-state index in [2.05, 4.69) is 13.8 Å². The second-order valence-corrected chi connectivity index (χ2v) is 4.93. The van der Waals surface area contributed by atoms with E-state index in [0.717, 1.165) is 42.6 Å². The van der Waals surface area contributed by atoms with Gasteiger partial charge in [-0.25, -0.2) is 0 Å². The van der Waals surface area contributed by atoms with Crippen molar-refractivity contribution in [1.82, 2.24) is 0 Å². The van der Waals surface area contributed by atoms with Crippen molar-refractivity contribution in [2.75, 3.05) is 13.2 Å². The average Bonchev–Trinajstić information content (AvgIpc) is 2.43. The summed E-state index contributed by atoms with van der Waals surface area (Å²) < 4.78 is 11.5. The van der Waals surface area contributed by atoms with Gasteiger partial charge in [-0.2, -0.15) is 0 Å². The molecule has 3 heteroatoms. The van der Waals surface area contributed by atoms with Crippen molar-refractivity contribution in [2.45, 2.75) is 46.0 Å². The van der Waals surface area contributed by atoms with Crippen LogP contribution in [0.3, 0.4) is 0 Å². The highest BCUT2D eigenvalue weighted by Gasteiger charge is 2.20. The van der Waals surface area contributed by atoms with Crippen LogP contribution in [-0.2, 0) is 6.42 Å². The van der Waals surface area contributed by atoms with Gasteiger partial charge >= 0.3 is 0 Å². The van der Waals surface area contributed by atoms with Crippen LogP contribution in [0.15, 0.2) is 12.1 Å². The standard InChI is InChI=1S/C16H22O3/c1-3-8-18-15-10-12-6-5-7-14(17)13(12)11-16(15)19-9-4-2/h10-11H,3-9H2,1-2H3. The zero-order valence-corrected chi connectivity index (χ0v) is 11.8. The number of ketones is 1. The van der Waals surface area contributed by atoms with Crippen LogP contribution in [-0.4, -0.2) is 19.0 Å². The monoisotopic (exact) mass is 262 g/mol. The summed E-state index contributed by atoms with van der Waals surface area (Å²) in [7, 11) is 0. The molecule has 0 unspecified atom stereocenters. The highest BCUT2D eigenvalue weighted by atomic mass is 16.5. The Morgan fingerprint density at radius 1 is 1.00 bits per heavy atom. The predicted octanol–water partition coefficient (Wildman–Crippen LogP) is 3.78. The van der Waals surface area contributed by atoms with Gasteiger partial charge < -0.3 is 9.47 Å². The molecule has 0 N–H and O–H groups in total. The predicted molar refractivity (Wildman–Crippen MR) is 75.3 cm³/mol. The van der Waals surface area contributed by atoms with E-state index in [-0.39, 0.29) is 5.78 Å². The van der Waals surface area contributed by atoms with Crippen molar-refractivity contribution < 1.29 is 14.3 Å². The number of hydrogen-bond donors (Lipinski definition) is 0. The fourth-order valence-corrected chi connectivity index (χ4v) is 2.29. The maximum absolute atomic E-state index is 11.9. The van der Waals surface area contributed by atoms with E-state index in [1.807, 2.05) is 12.1 Å². The Morgan fingerprint density at radius 3 is 2.26 bits per heavy atom. The fraction of sp³-hybridized carbons (Fsp3) is 0.562. The largest absolute Gasteiger partial charge is 0.490 e. The summed E-state index contributed by atoms with van der Waals surface area (Å²) in [6.07, 6.45) is 4.45. The molecule has 0 amide bonds. The smallest absolute Gasteiger partial charge is 0.163 e.